The van der Waals surface area contributed by atoms with Crippen molar-refractivity contribution >= 4 is 35.1 Å². The summed E-state index contributed by atoms with van der Waals surface area (Å²) in [6.45, 7) is 2.10. The van der Waals surface area contributed by atoms with Crippen LogP contribution in [0, 0.1) is 11.3 Å². The second-order valence-electron chi connectivity index (χ2n) is 4.09. The highest BCUT2D eigenvalue weighted by molar-refractivity contribution is 7.99. The molecule has 0 spiro atoms. The smallest absolute Gasteiger partial charge is 0.101 e. The summed E-state index contributed by atoms with van der Waals surface area (Å²) < 4.78 is 0. The van der Waals surface area contributed by atoms with Crippen molar-refractivity contribution in [2.45, 2.75) is 22.5 Å². The summed E-state index contributed by atoms with van der Waals surface area (Å²) in [6.07, 6.45) is 0. The summed E-state index contributed by atoms with van der Waals surface area (Å²) in [4.78, 5) is 2.11. The molecule has 0 bridgehead atoms. The minimum atomic E-state index is 0.748. The molecule has 4 heteroatoms. The molecule has 0 atom stereocenters. The summed E-state index contributed by atoms with van der Waals surface area (Å²) in [5, 5.41) is 10.1. The summed E-state index contributed by atoms with van der Waals surface area (Å²) in [5.74, 6) is 1.81. The number of thioether (sulfide) groups is 2. The van der Waals surface area contributed by atoms with Gasteiger partial charge in [-0.1, -0.05) is 36.7 Å². The first-order chi connectivity index (χ1) is 9.74. The van der Waals surface area contributed by atoms with Crippen LogP contribution in [0.25, 0.3) is 0 Å². The van der Waals surface area contributed by atoms with Crippen molar-refractivity contribution in [1.82, 2.24) is 0 Å². The molecule has 0 aromatic heterocycles. The molecule has 0 aliphatic carbocycles. The predicted octanol–water partition coefficient (Wildman–Crippen LogP) is 5.62. The van der Waals surface area contributed by atoms with Gasteiger partial charge in [-0.15, -0.1) is 23.5 Å². The molecular formula is C16H14ClNS2. The quantitative estimate of drug-likeness (QED) is 0.669. The minimum Gasteiger partial charge on any atom is -0.192 e. The zero-order valence-corrected chi connectivity index (χ0v) is 13.5. The highest BCUT2D eigenvalue weighted by Gasteiger charge is 2.08. The molecule has 0 N–H and O–H groups in total. The Hall–Kier alpha value is -1.08. The molecule has 0 amide bonds. The Labute approximate surface area is 133 Å². The van der Waals surface area contributed by atoms with E-state index < -0.39 is 0 Å². The molecule has 0 saturated heterocycles. The zero-order valence-electron chi connectivity index (χ0n) is 11.1. The van der Waals surface area contributed by atoms with Gasteiger partial charge in [-0.2, -0.15) is 5.26 Å². The molecule has 102 valence electrons. The van der Waals surface area contributed by atoms with Crippen LogP contribution >= 0.6 is 35.1 Å². The average molecular weight is 320 g/mol. The van der Waals surface area contributed by atoms with E-state index in [1.807, 2.05) is 42.5 Å². The van der Waals surface area contributed by atoms with Crippen molar-refractivity contribution in [3.8, 4) is 6.07 Å². The molecule has 0 saturated carbocycles. The van der Waals surface area contributed by atoms with E-state index in [-0.39, 0.29) is 0 Å². The van der Waals surface area contributed by atoms with Gasteiger partial charge in [0.2, 0.25) is 0 Å². The van der Waals surface area contributed by atoms with Gasteiger partial charge in [-0.05, 0) is 35.6 Å². The third-order valence-corrected chi connectivity index (χ3v) is 5.03. The lowest BCUT2D eigenvalue weighted by Crippen LogP contribution is -1.87. The van der Waals surface area contributed by atoms with Crippen LogP contribution in [0.3, 0.4) is 0 Å². The van der Waals surface area contributed by atoms with Crippen LogP contribution in [0.15, 0.2) is 52.3 Å². The van der Waals surface area contributed by atoms with E-state index in [2.05, 4.69) is 13.0 Å². The van der Waals surface area contributed by atoms with Crippen LogP contribution in [0.5, 0.6) is 0 Å². The van der Waals surface area contributed by atoms with Crippen LogP contribution in [0.2, 0.25) is 5.02 Å². The van der Waals surface area contributed by atoms with E-state index in [0.717, 1.165) is 31.9 Å². The second kappa shape index (κ2) is 7.64. The van der Waals surface area contributed by atoms with Gasteiger partial charge in [-0.3, -0.25) is 0 Å². The Morgan fingerprint density at radius 1 is 1.05 bits per heavy atom. The van der Waals surface area contributed by atoms with Gasteiger partial charge in [-0.25, -0.2) is 0 Å². The van der Waals surface area contributed by atoms with Gasteiger partial charge in [0.1, 0.15) is 6.07 Å². The summed E-state index contributed by atoms with van der Waals surface area (Å²) in [7, 11) is 0. The SMILES string of the molecule is CCSc1cccc(SCc2ccc(Cl)cc2)c1C#N. The largest absolute Gasteiger partial charge is 0.192 e. The first-order valence-corrected chi connectivity index (χ1v) is 8.62. The monoisotopic (exact) mass is 319 g/mol. The van der Waals surface area contributed by atoms with Crippen molar-refractivity contribution in [3.63, 3.8) is 0 Å². The van der Waals surface area contributed by atoms with Crippen molar-refractivity contribution in [2.24, 2.45) is 0 Å². The van der Waals surface area contributed by atoms with Crippen molar-refractivity contribution in [2.75, 3.05) is 5.75 Å². The highest BCUT2D eigenvalue weighted by Crippen LogP contribution is 2.32. The topological polar surface area (TPSA) is 23.8 Å². The molecule has 0 aliphatic heterocycles. The predicted molar refractivity (Wildman–Crippen MR) is 88.6 cm³/mol. The first kappa shape index (κ1) is 15.3. The lowest BCUT2D eigenvalue weighted by Gasteiger charge is -2.08. The number of rotatable bonds is 5. The maximum Gasteiger partial charge on any atom is 0.101 e. The maximum atomic E-state index is 9.37. The Kier molecular flexibility index (Phi) is 5.85. The summed E-state index contributed by atoms with van der Waals surface area (Å²) in [5.41, 5.74) is 2.00. The first-order valence-electron chi connectivity index (χ1n) is 6.27. The molecule has 2 aromatic rings. The number of halogens is 1. The fraction of sp³-hybridized carbons (Fsp3) is 0.188. The molecule has 0 fully saturated rings. The number of hydrogen-bond donors (Lipinski definition) is 0. The van der Waals surface area contributed by atoms with Crippen LogP contribution in [-0.2, 0) is 5.75 Å². The number of nitriles is 1. The van der Waals surface area contributed by atoms with E-state index in [1.165, 1.54) is 5.56 Å². The third-order valence-electron chi connectivity index (χ3n) is 2.71. The van der Waals surface area contributed by atoms with E-state index in [4.69, 9.17) is 11.6 Å². The van der Waals surface area contributed by atoms with Crippen molar-refractivity contribution < 1.29 is 0 Å². The standard InChI is InChI=1S/C16H14ClNS2/c1-2-19-15-4-3-5-16(14(15)10-18)20-11-12-6-8-13(17)9-7-12/h3-9H,2,11H2,1H3. The molecule has 0 heterocycles. The molecule has 2 aromatic carbocycles. The molecule has 0 aliphatic rings. The lowest BCUT2D eigenvalue weighted by molar-refractivity contribution is 1.25. The molecule has 2 rings (SSSR count). The van der Waals surface area contributed by atoms with E-state index in [0.29, 0.717) is 0 Å². The van der Waals surface area contributed by atoms with E-state index >= 15 is 0 Å². The van der Waals surface area contributed by atoms with Gasteiger partial charge in [0.15, 0.2) is 0 Å². The fourth-order valence-corrected chi connectivity index (χ4v) is 3.72. The number of nitrogens with zero attached hydrogens (tertiary/aromatic N) is 1. The molecule has 0 unspecified atom stereocenters. The van der Waals surface area contributed by atoms with Gasteiger partial charge in [0.25, 0.3) is 0 Å². The Bertz CT molecular complexity index is 617. The lowest BCUT2D eigenvalue weighted by atomic mass is 10.2. The average Bonchev–Trinajstić information content (AvgIpc) is 2.47. The van der Waals surface area contributed by atoms with Gasteiger partial charge >= 0.3 is 0 Å². The second-order valence-corrected chi connectivity index (χ2v) is 6.85. The van der Waals surface area contributed by atoms with Crippen LogP contribution in [0.4, 0.5) is 0 Å². The maximum absolute atomic E-state index is 9.37. The van der Waals surface area contributed by atoms with Crippen molar-refractivity contribution in [1.29, 1.82) is 5.26 Å². The molecule has 1 nitrogen and oxygen atoms in total. The van der Waals surface area contributed by atoms with E-state index in [1.54, 1.807) is 23.5 Å². The van der Waals surface area contributed by atoms with Gasteiger partial charge in [0.05, 0.1) is 5.56 Å². The van der Waals surface area contributed by atoms with Gasteiger partial charge in [0, 0.05) is 20.6 Å². The number of benzene rings is 2. The highest BCUT2D eigenvalue weighted by atomic mass is 35.5. The zero-order chi connectivity index (χ0) is 14.4. The molecule has 0 radical (unpaired) electrons. The van der Waals surface area contributed by atoms with Gasteiger partial charge < -0.3 is 0 Å². The van der Waals surface area contributed by atoms with Crippen LogP contribution < -0.4 is 0 Å². The third kappa shape index (κ3) is 3.96. The Morgan fingerprint density at radius 3 is 2.30 bits per heavy atom. The van der Waals surface area contributed by atoms with Crippen LogP contribution in [0.1, 0.15) is 18.1 Å². The molecule has 20 heavy (non-hydrogen) atoms. The summed E-state index contributed by atoms with van der Waals surface area (Å²) >= 11 is 9.28. The molecular weight excluding hydrogens is 306 g/mol. The minimum absolute atomic E-state index is 0.748. The Morgan fingerprint density at radius 2 is 1.70 bits per heavy atom. The normalized spacial score (nSPS) is 10.2. The number of hydrogen-bond acceptors (Lipinski definition) is 3. The van der Waals surface area contributed by atoms with E-state index in [9.17, 15) is 5.26 Å². The fourth-order valence-electron chi connectivity index (χ4n) is 1.76. The van der Waals surface area contributed by atoms with Crippen LogP contribution in [-0.4, -0.2) is 5.75 Å². The Balaban J connectivity index is 2.15. The summed E-state index contributed by atoms with van der Waals surface area (Å²) in [6, 6.07) is 16.2. The van der Waals surface area contributed by atoms with Crippen molar-refractivity contribution in [3.05, 3.63) is 58.6 Å².